The van der Waals surface area contributed by atoms with Gasteiger partial charge in [-0.2, -0.15) is 0 Å². The van der Waals surface area contributed by atoms with Gasteiger partial charge in [-0.3, -0.25) is 4.79 Å². The minimum absolute atomic E-state index is 0.387. The zero-order valence-electron chi connectivity index (χ0n) is 14.4. The Labute approximate surface area is 154 Å². The van der Waals surface area contributed by atoms with Crippen molar-refractivity contribution in [3.05, 3.63) is 41.4 Å². The molecule has 136 valence electrons. The van der Waals surface area contributed by atoms with Gasteiger partial charge in [0.05, 0.1) is 19.9 Å². The SMILES string of the molecule is COc1ccc(OC)c(NC(=O)[C@@H](C)On2nnc3ccc(Cl)cc32)c1. The van der Waals surface area contributed by atoms with Crippen molar-refractivity contribution in [2.45, 2.75) is 13.0 Å². The first-order valence-corrected chi connectivity index (χ1v) is 8.10. The molecule has 0 fully saturated rings. The fourth-order valence-electron chi connectivity index (χ4n) is 2.29. The molecule has 1 N–H and O–H groups in total. The van der Waals surface area contributed by atoms with Gasteiger partial charge < -0.3 is 19.6 Å². The van der Waals surface area contributed by atoms with Crippen molar-refractivity contribution in [3.8, 4) is 11.5 Å². The third kappa shape index (κ3) is 3.65. The summed E-state index contributed by atoms with van der Waals surface area (Å²) in [6, 6.07) is 10.2. The number of amides is 1. The van der Waals surface area contributed by atoms with E-state index in [1.165, 1.54) is 12.0 Å². The zero-order valence-corrected chi connectivity index (χ0v) is 15.1. The maximum atomic E-state index is 12.5. The molecule has 1 amide bonds. The van der Waals surface area contributed by atoms with Crippen LogP contribution in [0.4, 0.5) is 5.69 Å². The van der Waals surface area contributed by atoms with Gasteiger partial charge in [-0.25, -0.2) is 0 Å². The number of hydrogen-bond acceptors (Lipinski definition) is 6. The zero-order chi connectivity index (χ0) is 18.7. The van der Waals surface area contributed by atoms with Gasteiger partial charge in [0.25, 0.3) is 5.91 Å². The Bertz CT molecular complexity index is 944. The number of carbonyl (C=O) groups excluding carboxylic acids is 1. The molecule has 0 radical (unpaired) electrons. The lowest BCUT2D eigenvalue weighted by atomic mass is 10.2. The molecule has 1 aromatic heterocycles. The van der Waals surface area contributed by atoms with E-state index in [2.05, 4.69) is 15.6 Å². The Morgan fingerprint density at radius 3 is 2.73 bits per heavy atom. The van der Waals surface area contributed by atoms with Crippen molar-refractivity contribution in [3.63, 3.8) is 0 Å². The van der Waals surface area contributed by atoms with Gasteiger partial charge in [-0.1, -0.05) is 16.4 Å². The standard InChI is InChI=1S/C17H17ClN4O4/c1-10(26-22-15-8-11(18)4-6-13(15)20-21-22)17(23)19-14-9-12(24-2)5-7-16(14)25-3/h4-10H,1-3H3,(H,19,23)/t10-/m1/s1. The molecule has 9 heteroatoms. The van der Waals surface area contributed by atoms with Crippen LogP contribution in [0, 0.1) is 0 Å². The lowest BCUT2D eigenvalue weighted by Gasteiger charge is -2.16. The first kappa shape index (κ1) is 17.8. The number of carbonyl (C=O) groups is 1. The summed E-state index contributed by atoms with van der Waals surface area (Å²) in [7, 11) is 3.06. The van der Waals surface area contributed by atoms with Crippen molar-refractivity contribution < 1.29 is 19.1 Å². The number of nitrogens with one attached hydrogen (secondary N) is 1. The summed E-state index contributed by atoms with van der Waals surface area (Å²) in [4.78, 5) is 19.3. The van der Waals surface area contributed by atoms with Crippen LogP contribution in [0.3, 0.4) is 0 Å². The number of hydrogen-bond donors (Lipinski definition) is 1. The monoisotopic (exact) mass is 376 g/mol. The van der Waals surface area contributed by atoms with Crippen LogP contribution in [0.1, 0.15) is 6.92 Å². The molecule has 26 heavy (non-hydrogen) atoms. The van der Waals surface area contributed by atoms with E-state index < -0.39 is 6.10 Å². The number of ether oxygens (including phenoxy) is 2. The van der Waals surface area contributed by atoms with Gasteiger partial charge in [0.15, 0.2) is 0 Å². The first-order valence-electron chi connectivity index (χ1n) is 7.73. The van der Waals surface area contributed by atoms with Crippen LogP contribution < -0.4 is 19.6 Å². The second-order valence-electron chi connectivity index (χ2n) is 5.40. The normalized spacial score (nSPS) is 11.8. The Balaban J connectivity index is 1.76. The summed E-state index contributed by atoms with van der Waals surface area (Å²) in [6.45, 7) is 1.60. The minimum Gasteiger partial charge on any atom is -0.497 e. The summed E-state index contributed by atoms with van der Waals surface area (Å²) in [5.74, 6) is 0.707. The number of aromatic nitrogens is 3. The lowest BCUT2D eigenvalue weighted by molar-refractivity contribution is -0.127. The van der Waals surface area contributed by atoms with E-state index in [-0.39, 0.29) is 5.91 Å². The average molecular weight is 377 g/mol. The minimum atomic E-state index is -0.852. The molecule has 2 aromatic carbocycles. The maximum absolute atomic E-state index is 12.5. The van der Waals surface area contributed by atoms with Crippen LogP contribution >= 0.6 is 11.6 Å². The number of anilines is 1. The molecule has 0 saturated carbocycles. The molecule has 0 aliphatic heterocycles. The second kappa shape index (κ2) is 7.49. The third-order valence-corrected chi connectivity index (χ3v) is 3.90. The Hall–Kier alpha value is -3.00. The number of methoxy groups -OCH3 is 2. The van der Waals surface area contributed by atoms with Crippen LogP contribution in [0.2, 0.25) is 5.02 Å². The van der Waals surface area contributed by atoms with Crippen molar-refractivity contribution >= 4 is 34.2 Å². The molecule has 0 aliphatic carbocycles. The van der Waals surface area contributed by atoms with Gasteiger partial charge in [-0.05, 0) is 42.5 Å². The Morgan fingerprint density at radius 1 is 1.19 bits per heavy atom. The molecular weight excluding hydrogens is 360 g/mol. The van der Waals surface area contributed by atoms with Crippen molar-refractivity contribution in [2.75, 3.05) is 19.5 Å². The molecule has 0 aliphatic rings. The highest BCUT2D eigenvalue weighted by Gasteiger charge is 2.19. The van der Waals surface area contributed by atoms with E-state index in [0.717, 1.165) is 0 Å². The summed E-state index contributed by atoms with van der Waals surface area (Å²) in [5, 5.41) is 11.1. The highest BCUT2D eigenvalue weighted by molar-refractivity contribution is 6.31. The molecule has 1 atom stereocenters. The predicted molar refractivity (Wildman–Crippen MR) is 96.8 cm³/mol. The molecule has 3 aromatic rings. The third-order valence-electron chi connectivity index (χ3n) is 3.67. The van der Waals surface area contributed by atoms with E-state index in [1.54, 1.807) is 50.4 Å². The average Bonchev–Trinajstić information content (AvgIpc) is 3.03. The van der Waals surface area contributed by atoms with E-state index in [4.69, 9.17) is 25.9 Å². The lowest BCUT2D eigenvalue weighted by Crippen LogP contribution is -2.35. The van der Waals surface area contributed by atoms with Gasteiger partial charge in [0.2, 0.25) is 6.10 Å². The number of fused-ring (bicyclic) bond motifs is 1. The molecule has 0 spiro atoms. The molecule has 0 unspecified atom stereocenters. The highest BCUT2D eigenvalue weighted by Crippen LogP contribution is 2.29. The van der Waals surface area contributed by atoms with Gasteiger partial charge in [0, 0.05) is 11.1 Å². The van der Waals surface area contributed by atoms with Gasteiger partial charge in [0.1, 0.15) is 22.5 Å². The van der Waals surface area contributed by atoms with Crippen molar-refractivity contribution in [2.24, 2.45) is 0 Å². The molecule has 0 saturated heterocycles. The quantitative estimate of drug-likeness (QED) is 0.711. The summed E-state index contributed by atoms with van der Waals surface area (Å²) >= 11 is 5.99. The highest BCUT2D eigenvalue weighted by atomic mass is 35.5. The van der Waals surface area contributed by atoms with Crippen LogP contribution in [-0.2, 0) is 4.79 Å². The molecule has 1 heterocycles. The van der Waals surface area contributed by atoms with Gasteiger partial charge in [-0.15, -0.1) is 5.10 Å². The number of halogens is 1. The summed E-state index contributed by atoms with van der Waals surface area (Å²) in [5.41, 5.74) is 1.64. The second-order valence-corrected chi connectivity index (χ2v) is 5.83. The smallest absolute Gasteiger partial charge is 0.268 e. The first-order chi connectivity index (χ1) is 12.5. The number of benzene rings is 2. The maximum Gasteiger partial charge on any atom is 0.268 e. The fourth-order valence-corrected chi connectivity index (χ4v) is 2.46. The van der Waals surface area contributed by atoms with E-state index in [1.807, 2.05) is 0 Å². The van der Waals surface area contributed by atoms with Crippen LogP contribution in [0.5, 0.6) is 11.5 Å². The molecule has 3 rings (SSSR count). The summed E-state index contributed by atoms with van der Waals surface area (Å²) in [6.07, 6.45) is -0.852. The van der Waals surface area contributed by atoms with Crippen LogP contribution in [-0.4, -0.2) is 41.4 Å². The van der Waals surface area contributed by atoms with Crippen molar-refractivity contribution in [1.29, 1.82) is 0 Å². The predicted octanol–water partition coefficient (Wildman–Crippen LogP) is 2.56. The Kier molecular flexibility index (Phi) is 5.13. The van der Waals surface area contributed by atoms with Gasteiger partial charge >= 0.3 is 0 Å². The molecule has 0 bridgehead atoms. The van der Waals surface area contributed by atoms with E-state index in [9.17, 15) is 4.79 Å². The van der Waals surface area contributed by atoms with Crippen molar-refractivity contribution in [1.82, 2.24) is 15.2 Å². The fraction of sp³-hybridized carbons (Fsp3) is 0.235. The number of rotatable bonds is 6. The number of nitrogens with zero attached hydrogens (tertiary/aromatic N) is 3. The van der Waals surface area contributed by atoms with Crippen LogP contribution in [0.15, 0.2) is 36.4 Å². The topological polar surface area (TPSA) is 87.5 Å². The summed E-state index contributed by atoms with van der Waals surface area (Å²) < 4.78 is 10.4. The molecular formula is C17H17ClN4O4. The molecule has 8 nitrogen and oxygen atoms in total. The largest absolute Gasteiger partial charge is 0.497 e. The van der Waals surface area contributed by atoms with Crippen LogP contribution in [0.25, 0.3) is 11.0 Å². The Morgan fingerprint density at radius 2 is 2.00 bits per heavy atom. The van der Waals surface area contributed by atoms with E-state index >= 15 is 0 Å². The van der Waals surface area contributed by atoms with E-state index in [0.29, 0.717) is 33.2 Å².